The van der Waals surface area contributed by atoms with Crippen LogP contribution in [0.3, 0.4) is 0 Å². The highest BCUT2D eigenvalue weighted by molar-refractivity contribution is 5.80. The summed E-state index contributed by atoms with van der Waals surface area (Å²) in [6, 6.07) is 3.28. The number of rotatable bonds is 6. The van der Waals surface area contributed by atoms with Crippen LogP contribution in [0.25, 0.3) is 0 Å². The average Bonchev–Trinajstić information content (AvgIpc) is 2.39. The van der Waals surface area contributed by atoms with Crippen molar-refractivity contribution in [3.8, 4) is 5.75 Å². The van der Waals surface area contributed by atoms with Crippen LogP contribution in [0.5, 0.6) is 5.75 Å². The van der Waals surface area contributed by atoms with E-state index in [1.165, 1.54) is 6.07 Å². The molecule has 0 radical (unpaired) electrons. The maximum atomic E-state index is 13.0. The molecule has 0 aliphatic heterocycles. The first kappa shape index (κ1) is 15.4. The van der Waals surface area contributed by atoms with Gasteiger partial charge >= 0.3 is 0 Å². The molecule has 0 saturated heterocycles. The molecular formula is C13H18F2N2O2. The molecule has 2 atom stereocenters. The van der Waals surface area contributed by atoms with Gasteiger partial charge in [0.2, 0.25) is 0 Å². The lowest BCUT2D eigenvalue weighted by Crippen LogP contribution is -2.42. The maximum absolute atomic E-state index is 13.0. The molecule has 0 bridgehead atoms. The number of carbonyl (C=O) groups excluding carboxylic acids is 1. The zero-order valence-corrected chi connectivity index (χ0v) is 11.2. The number of carbonyl (C=O) groups is 1. The van der Waals surface area contributed by atoms with Crippen molar-refractivity contribution in [2.24, 2.45) is 0 Å². The molecule has 19 heavy (non-hydrogen) atoms. The lowest BCUT2D eigenvalue weighted by atomic mass is 10.3. The Morgan fingerprint density at radius 3 is 2.58 bits per heavy atom. The largest absolute Gasteiger partial charge is 0.481 e. The smallest absolute Gasteiger partial charge is 0.260 e. The van der Waals surface area contributed by atoms with E-state index in [-0.39, 0.29) is 17.7 Å². The van der Waals surface area contributed by atoms with Crippen molar-refractivity contribution >= 4 is 5.91 Å². The third kappa shape index (κ3) is 4.82. The van der Waals surface area contributed by atoms with E-state index in [1.54, 1.807) is 14.0 Å². The molecule has 0 saturated carbocycles. The van der Waals surface area contributed by atoms with Crippen LogP contribution in [0.2, 0.25) is 0 Å². The molecule has 1 amide bonds. The van der Waals surface area contributed by atoms with Crippen molar-refractivity contribution in [3.05, 3.63) is 29.8 Å². The van der Waals surface area contributed by atoms with E-state index in [4.69, 9.17) is 4.74 Å². The quantitative estimate of drug-likeness (QED) is 0.824. The van der Waals surface area contributed by atoms with E-state index in [2.05, 4.69) is 10.6 Å². The summed E-state index contributed by atoms with van der Waals surface area (Å²) in [7, 11) is 1.79. The minimum atomic E-state index is -1.01. The first-order chi connectivity index (χ1) is 8.93. The molecule has 1 aromatic carbocycles. The molecule has 106 valence electrons. The summed E-state index contributed by atoms with van der Waals surface area (Å²) in [4.78, 5) is 11.7. The number of ether oxygens (including phenoxy) is 1. The van der Waals surface area contributed by atoms with Gasteiger partial charge < -0.3 is 15.4 Å². The van der Waals surface area contributed by atoms with Crippen molar-refractivity contribution in [1.82, 2.24) is 10.6 Å². The van der Waals surface area contributed by atoms with Crippen molar-refractivity contribution in [2.75, 3.05) is 13.6 Å². The van der Waals surface area contributed by atoms with E-state index >= 15 is 0 Å². The molecule has 0 spiro atoms. The van der Waals surface area contributed by atoms with E-state index < -0.39 is 17.7 Å². The lowest BCUT2D eigenvalue weighted by Gasteiger charge is -2.16. The molecule has 1 rings (SSSR count). The van der Waals surface area contributed by atoms with Gasteiger partial charge in [0.15, 0.2) is 17.7 Å². The molecule has 6 heteroatoms. The zero-order chi connectivity index (χ0) is 14.4. The Labute approximate surface area is 111 Å². The average molecular weight is 272 g/mol. The Bertz CT molecular complexity index is 441. The van der Waals surface area contributed by atoms with Gasteiger partial charge in [0.05, 0.1) is 0 Å². The first-order valence-corrected chi connectivity index (χ1v) is 6.00. The van der Waals surface area contributed by atoms with Crippen molar-refractivity contribution in [1.29, 1.82) is 0 Å². The third-order valence-electron chi connectivity index (χ3n) is 2.65. The highest BCUT2D eigenvalue weighted by Crippen LogP contribution is 2.16. The number of hydrogen-bond donors (Lipinski definition) is 2. The standard InChI is InChI=1S/C13H18F2N2O2/c1-8(16-3)7-17-13(18)9(2)19-10-4-5-11(14)12(15)6-10/h4-6,8-9,16H,7H2,1-3H3,(H,17,18). The summed E-state index contributed by atoms with van der Waals surface area (Å²) in [6.07, 6.45) is -0.783. The van der Waals surface area contributed by atoms with Gasteiger partial charge in [-0.3, -0.25) is 4.79 Å². The van der Waals surface area contributed by atoms with Gasteiger partial charge in [-0.15, -0.1) is 0 Å². The Morgan fingerprint density at radius 1 is 1.32 bits per heavy atom. The normalized spacial score (nSPS) is 13.7. The van der Waals surface area contributed by atoms with Crippen molar-refractivity contribution < 1.29 is 18.3 Å². The molecule has 4 nitrogen and oxygen atoms in total. The number of nitrogens with one attached hydrogen (secondary N) is 2. The second kappa shape index (κ2) is 7.04. The highest BCUT2D eigenvalue weighted by Gasteiger charge is 2.15. The van der Waals surface area contributed by atoms with Gasteiger partial charge in [-0.05, 0) is 33.0 Å². The second-order valence-corrected chi connectivity index (χ2v) is 4.27. The minimum Gasteiger partial charge on any atom is -0.481 e. The van der Waals surface area contributed by atoms with Crippen LogP contribution < -0.4 is 15.4 Å². The summed E-state index contributed by atoms with van der Waals surface area (Å²) in [5, 5.41) is 5.66. The topological polar surface area (TPSA) is 50.4 Å². The summed E-state index contributed by atoms with van der Waals surface area (Å²) in [5.41, 5.74) is 0. The zero-order valence-electron chi connectivity index (χ0n) is 11.2. The van der Waals surface area contributed by atoms with Gasteiger partial charge in [-0.25, -0.2) is 8.78 Å². The number of halogens is 2. The summed E-state index contributed by atoms with van der Waals surface area (Å²) < 4.78 is 30.9. The Hall–Kier alpha value is -1.69. The number of hydrogen-bond acceptors (Lipinski definition) is 3. The van der Waals surface area contributed by atoms with Crippen LogP contribution in [0.15, 0.2) is 18.2 Å². The maximum Gasteiger partial charge on any atom is 0.260 e. The van der Waals surface area contributed by atoms with Gasteiger partial charge in [0, 0.05) is 18.7 Å². The number of amides is 1. The first-order valence-electron chi connectivity index (χ1n) is 6.00. The van der Waals surface area contributed by atoms with Gasteiger partial charge in [-0.1, -0.05) is 0 Å². The second-order valence-electron chi connectivity index (χ2n) is 4.27. The monoisotopic (exact) mass is 272 g/mol. The minimum absolute atomic E-state index is 0.114. The van der Waals surface area contributed by atoms with Crippen LogP contribution in [-0.4, -0.2) is 31.6 Å². The molecule has 0 aliphatic rings. The van der Waals surface area contributed by atoms with Crippen molar-refractivity contribution in [2.45, 2.75) is 26.0 Å². The van der Waals surface area contributed by atoms with E-state index in [9.17, 15) is 13.6 Å². The van der Waals surface area contributed by atoms with Crippen LogP contribution in [0.1, 0.15) is 13.8 Å². The molecule has 0 fully saturated rings. The SMILES string of the molecule is CNC(C)CNC(=O)C(C)Oc1ccc(F)c(F)c1. The Kier molecular flexibility index (Phi) is 5.69. The van der Waals surface area contributed by atoms with Crippen LogP contribution in [-0.2, 0) is 4.79 Å². The molecule has 1 aromatic rings. The molecule has 0 heterocycles. The molecule has 0 aromatic heterocycles. The van der Waals surface area contributed by atoms with Gasteiger partial charge in [-0.2, -0.15) is 0 Å². The fraction of sp³-hybridized carbons (Fsp3) is 0.462. The van der Waals surface area contributed by atoms with Gasteiger partial charge in [0.25, 0.3) is 5.91 Å². The third-order valence-corrected chi connectivity index (χ3v) is 2.65. The fourth-order valence-electron chi connectivity index (χ4n) is 1.31. The van der Waals surface area contributed by atoms with Crippen LogP contribution in [0, 0.1) is 11.6 Å². The summed E-state index contributed by atoms with van der Waals surface area (Å²) in [6.45, 7) is 3.92. The molecule has 0 aliphatic carbocycles. The molecule has 2 N–H and O–H groups in total. The van der Waals surface area contributed by atoms with E-state index in [1.807, 2.05) is 6.92 Å². The Balaban J connectivity index is 2.51. The van der Waals surface area contributed by atoms with E-state index in [0.29, 0.717) is 6.54 Å². The predicted molar refractivity (Wildman–Crippen MR) is 68.0 cm³/mol. The van der Waals surface area contributed by atoms with Crippen LogP contribution >= 0.6 is 0 Å². The fourth-order valence-corrected chi connectivity index (χ4v) is 1.31. The van der Waals surface area contributed by atoms with Crippen LogP contribution in [0.4, 0.5) is 8.78 Å². The van der Waals surface area contributed by atoms with Gasteiger partial charge in [0.1, 0.15) is 5.75 Å². The summed E-state index contributed by atoms with van der Waals surface area (Å²) >= 11 is 0. The van der Waals surface area contributed by atoms with E-state index in [0.717, 1.165) is 12.1 Å². The molecule has 2 unspecified atom stereocenters. The Morgan fingerprint density at radius 2 is 2.00 bits per heavy atom. The summed E-state index contributed by atoms with van der Waals surface area (Å²) in [5.74, 6) is -2.16. The number of benzene rings is 1. The lowest BCUT2D eigenvalue weighted by molar-refractivity contribution is -0.127. The highest BCUT2D eigenvalue weighted by atomic mass is 19.2. The number of likely N-dealkylation sites (N-methyl/N-ethyl adjacent to an activating group) is 1. The predicted octanol–water partition coefficient (Wildman–Crippen LogP) is 1.46. The van der Waals surface area contributed by atoms with Crippen molar-refractivity contribution in [3.63, 3.8) is 0 Å². The molecular weight excluding hydrogens is 254 g/mol.